The fourth-order valence-corrected chi connectivity index (χ4v) is 18.4. The predicted molar refractivity (Wildman–Crippen MR) is 537 cm³/mol. The summed E-state index contributed by atoms with van der Waals surface area (Å²) < 4.78 is 32.6. The van der Waals surface area contributed by atoms with E-state index in [0.717, 1.165) is 170 Å². The zero-order valence-corrected chi connectivity index (χ0v) is 77.9. The van der Waals surface area contributed by atoms with Gasteiger partial charge < -0.3 is 39.9 Å². The van der Waals surface area contributed by atoms with Gasteiger partial charge >= 0.3 is 0 Å². The topological polar surface area (TPSA) is 273 Å². The van der Waals surface area contributed by atoms with E-state index in [-0.39, 0.29) is 5.91 Å². The van der Waals surface area contributed by atoms with Crippen LogP contribution in [0.5, 0.6) is 5.88 Å². The van der Waals surface area contributed by atoms with Gasteiger partial charge in [-0.25, -0.2) is 19.3 Å². The van der Waals surface area contributed by atoms with Crippen LogP contribution in [-0.4, -0.2) is 128 Å². The lowest BCUT2D eigenvalue weighted by Gasteiger charge is -2.30. The van der Waals surface area contributed by atoms with Crippen molar-refractivity contribution in [2.45, 2.75) is 83.9 Å². The lowest BCUT2D eigenvalue weighted by atomic mass is 9.91. The van der Waals surface area contributed by atoms with Gasteiger partial charge in [0.25, 0.3) is 5.91 Å². The Morgan fingerprint density at radius 3 is 1.48 bits per heavy atom. The number of halogens is 1. The molecular weight excluding hydrogens is 1710 g/mol. The highest BCUT2D eigenvalue weighted by Crippen LogP contribution is 2.48. The molecule has 10 aromatic heterocycles. The van der Waals surface area contributed by atoms with E-state index in [1.54, 1.807) is 59.2 Å². The van der Waals surface area contributed by atoms with E-state index < -0.39 is 22.4 Å². The average Bonchev–Trinajstić information content (AvgIpc) is 1.59. The number of anilines is 3. The molecule has 9 aromatic carbocycles. The number of carbonyl (C=O) groups excluding carboxylic acids is 1. The monoisotopic (exact) mass is 1810 g/mol. The molecule has 0 aliphatic carbocycles. The number of methoxy groups -OCH3 is 2. The number of H-pyrrole nitrogens is 1. The molecule has 0 radical (unpaired) electrons. The van der Waals surface area contributed by atoms with E-state index in [0.29, 0.717) is 65.8 Å². The van der Waals surface area contributed by atoms with Gasteiger partial charge in [-0.15, -0.1) is 0 Å². The van der Waals surface area contributed by atoms with Crippen LogP contribution in [0.1, 0.15) is 33.5 Å². The second-order valence-corrected chi connectivity index (χ2v) is 46.4. The van der Waals surface area contributed by atoms with E-state index in [9.17, 15) is 4.79 Å². The van der Waals surface area contributed by atoms with Gasteiger partial charge in [-0.1, -0.05) is 269 Å². The molecule has 5 N–H and O–H groups in total. The number of carbonyl (C=O) groups is 1. The van der Waals surface area contributed by atoms with Crippen molar-refractivity contribution in [2.24, 2.45) is 0 Å². The maximum Gasteiger partial charge on any atom is 0.280 e. The van der Waals surface area contributed by atoms with E-state index in [1.165, 1.54) is 6.04 Å². The highest BCUT2D eigenvalue weighted by atomic mass is 35.5. The van der Waals surface area contributed by atoms with E-state index in [1.807, 2.05) is 222 Å². The number of nitrogen functional groups attached to an aromatic ring is 1. The van der Waals surface area contributed by atoms with Gasteiger partial charge in [0.15, 0.2) is 17.7 Å². The highest BCUT2D eigenvalue weighted by molar-refractivity contribution is 6.76. The van der Waals surface area contributed by atoms with Gasteiger partial charge in [0, 0.05) is 153 Å². The maximum absolute atomic E-state index is 14.6. The number of nitrogens with one attached hydrogen (secondary N) is 3. The molecule has 664 valence electrons. The summed E-state index contributed by atoms with van der Waals surface area (Å²) in [4.78, 5) is 36.7. The molecule has 2 aliphatic heterocycles. The number of aromatic nitrogens is 16. The highest BCUT2D eigenvalue weighted by Gasteiger charge is 2.37. The second-order valence-electron chi connectivity index (χ2n) is 34.8. The van der Waals surface area contributed by atoms with Crippen molar-refractivity contribution >= 4 is 101 Å². The molecule has 21 rings (SSSR count). The van der Waals surface area contributed by atoms with Crippen LogP contribution < -0.4 is 21.1 Å². The Hall–Kier alpha value is -15.2. The van der Waals surface area contributed by atoms with Crippen molar-refractivity contribution < 1.29 is 23.7 Å². The molecular formula is C106H100ClN19O5Si2. The molecule has 1 atom stereocenters. The van der Waals surface area contributed by atoms with Crippen LogP contribution in [0.2, 0.25) is 56.5 Å². The Morgan fingerprint density at radius 2 is 0.962 bits per heavy atom. The number of nitrogens with two attached hydrogens (primary N) is 1. The van der Waals surface area contributed by atoms with Crippen molar-refractivity contribution in [3.05, 3.63) is 368 Å². The minimum atomic E-state index is -1.18. The second kappa shape index (κ2) is 39.7. The Morgan fingerprint density at radius 1 is 0.474 bits per heavy atom. The molecule has 0 saturated carbocycles. The molecule has 0 fully saturated rings. The van der Waals surface area contributed by atoms with Crippen molar-refractivity contribution in [2.75, 3.05) is 43.8 Å². The van der Waals surface area contributed by atoms with Crippen LogP contribution in [0.3, 0.4) is 0 Å². The number of allylic oxidation sites excluding steroid dienone is 3. The summed E-state index contributed by atoms with van der Waals surface area (Å²) in [6, 6.07) is 97.5. The molecule has 12 heterocycles. The standard InChI is InChI=1S/C37H36N6O2Si.C32H26N6O.C28H19ClN4O.C9H19N3OSi/c1-46(2,3)22-21-45-25-42-20-18-33(40-42)39-31-24-32-35(26-11-6-4-7-12-26)36(27-13-8-5-9-14-27)41-43(32)37(44)34(31)29-16-17-30-28(23-29)15-10-19-38-30;1-39-32-29(24-14-15-25-23(19-24)13-8-17-33-25)26(35-28-16-18-34-36-28)20-27-30(21-9-4-2-5-10-21)31(37-38(27)32)22-11-6-3-7-12-22;1-34-28-24(21-14-15-22-20(17-21)13-8-16-30-22)26(29)31-27-23(18-9-4-2-5-10-18)25(32-33(27)28)19-11-6-3-7-12-19;1-14(2,3)5-4-13-8-12-6-9(10)11-7-12/h4-20,23H,21-22,24-25H2,1-3H3,(H,39,40);2-19,32H,20H2,1H3,(H2,34,35,36);2-17H,1H3;6-7H,4-5,8,10H2,1-3H3. The summed E-state index contributed by atoms with van der Waals surface area (Å²) in [6.45, 7) is 16.5. The number of pyridine rings is 3. The van der Waals surface area contributed by atoms with Crippen LogP contribution >= 0.6 is 11.6 Å². The number of hydrogen-bond acceptors (Lipinski definition) is 18. The average molecular weight is 1810 g/mol. The van der Waals surface area contributed by atoms with E-state index in [2.05, 4.69) is 165 Å². The molecule has 0 spiro atoms. The van der Waals surface area contributed by atoms with Crippen LogP contribution in [0, 0.1) is 0 Å². The third-order valence-corrected chi connectivity index (χ3v) is 26.8. The zero-order valence-electron chi connectivity index (χ0n) is 75.1. The van der Waals surface area contributed by atoms with Gasteiger partial charge in [0.1, 0.15) is 47.3 Å². The van der Waals surface area contributed by atoms with Gasteiger partial charge in [-0.3, -0.25) is 24.8 Å². The Labute approximate surface area is 777 Å². The molecule has 0 saturated heterocycles. The minimum absolute atomic E-state index is 0.194. The van der Waals surface area contributed by atoms with Crippen LogP contribution in [-0.2, 0) is 40.5 Å². The molecule has 0 bridgehead atoms. The summed E-state index contributed by atoms with van der Waals surface area (Å²) >= 11 is 6.84. The summed E-state index contributed by atoms with van der Waals surface area (Å²) in [6.07, 6.45) is 13.1. The fourth-order valence-electron chi connectivity index (χ4n) is 16.6. The molecule has 27 heteroatoms. The van der Waals surface area contributed by atoms with Gasteiger partial charge in [0.2, 0.25) is 5.88 Å². The molecule has 1 unspecified atom stereocenters. The molecule has 133 heavy (non-hydrogen) atoms. The Balaban J connectivity index is 0.000000125. The minimum Gasteiger partial charge on any atom is -0.480 e. The Bertz CT molecular complexity index is 7380. The fraction of sp³-hybridized carbons (Fsp3) is 0.160. The van der Waals surface area contributed by atoms with Crippen LogP contribution in [0.4, 0.5) is 17.5 Å². The van der Waals surface area contributed by atoms with Gasteiger partial charge in [-0.05, 0) is 100 Å². The van der Waals surface area contributed by atoms with Crippen molar-refractivity contribution in [3.63, 3.8) is 0 Å². The number of ether oxygens (including phenoxy) is 4. The van der Waals surface area contributed by atoms with Crippen molar-refractivity contribution in [3.8, 4) is 84.2 Å². The van der Waals surface area contributed by atoms with Gasteiger partial charge in [-0.2, -0.15) is 34.7 Å². The first-order valence-corrected chi connectivity index (χ1v) is 52.0. The largest absolute Gasteiger partial charge is 0.480 e. The SMILES string of the molecule is COC1C(c2ccc3ncccc3c2)=C(Nc2ccn[nH]2)Cc2c(-c3ccccc3)c(-c3ccccc3)nn21.COc1c(-c2ccc3ncccc3c2)c(Cl)nc2c(-c3ccccc3)c(-c3ccccc3)nn12.C[Si](C)(C)CCOCn1ccc(NC2=C(c3ccc4ncccc4c3)C(=O)n3nc(-c4ccccc4)c(-c4ccccc4)c3C2)n1.C[Si](C)(C)CCOCn1cnc(N)c1. The number of rotatable bonds is 25. The number of benzene rings is 9. The lowest BCUT2D eigenvalue weighted by molar-refractivity contribution is 0.0780. The lowest BCUT2D eigenvalue weighted by Crippen LogP contribution is -2.26. The third-order valence-electron chi connectivity index (χ3n) is 23.1. The molecule has 19 aromatic rings. The first-order valence-electron chi connectivity index (χ1n) is 44.2. The summed E-state index contributed by atoms with van der Waals surface area (Å²) in [5.74, 6) is 2.34. The van der Waals surface area contributed by atoms with Crippen molar-refractivity contribution in [1.82, 2.24) is 78.6 Å². The Kier molecular flexibility index (Phi) is 26.4. The smallest absolute Gasteiger partial charge is 0.280 e. The number of imidazole rings is 1. The molecule has 24 nitrogen and oxygen atoms in total. The number of nitrogens with zero attached hydrogens (tertiary/aromatic N) is 15. The molecule has 0 amide bonds. The normalized spacial score (nSPS) is 13.1. The summed E-state index contributed by atoms with van der Waals surface area (Å²) in [7, 11) is 1.22. The third kappa shape index (κ3) is 20.0. The number of aromatic amines is 1. The predicted octanol–water partition coefficient (Wildman–Crippen LogP) is 23.4. The molecule has 2 aliphatic rings. The number of fused-ring (bicyclic) bond motifs is 6. The first kappa shape index (κ1) is 88.5. The number of hydrogen-bond donors (Lipinski definition) is 4. The maximum atomic E-state index is 14.6. The van der Waals surface area contributed by atoms with Crippen LogP contribution in [0.15, 0.2) is 340 Å². The first-order chi connectivity index (χ1) is 64.8. The van der Waals surface area contributed by atoms with Crippen molar-refractivity contribution in [1.29, 1.82) is 0 Å². The van der Waals surface area contributed by atoms with E-state index in [4.69, 9.17) is 61.7 Å². The van der Waals surface area contributed by atoms with E-state index >= 15 is 0 Å². The summed E-state index contributed by atoms with van der Waals surface area (Å²) in [5, 5.41) is 37.7. The van der Waals surface area contributed by atoms with Gasteiger partial charge in [0.05, 0.1) is 64.3 Å². The zero-order chi connectivity index (χ0) is 91.5. The summed E-state index contributed by atoms with van der Waals surface area (Å²) in [5.41, 5.74) is 29.2. The quantitative estimate of drug-likeness (QED) is 0.0235. The van der Waals surface area contributed by atoms with Crippen LogP contribution in [0.25, 0.3) is 128 Å².